The Morgan fingerprint density at radius 2 is 1.75 bits per heavy atom. The number of aryl methyl sites for hydroxylation is 2. The van der Waals surface area contributed by atoms with Crippen LogP contribution in [0.3, 0.4) is 0 Å². The van der Waals surface area contributed by atoms with Crippen LogP contribution in [0, 0.1) is 19.8 Å². The fraction of sp³-hybridized carbons (Fsp3) is 0.571. The molecule has 1 aliphatic carbocycles. The molecular formula is C14H22N2. The number of hydrogen-bond acceptors (Lipinski definition) is 2. The van der Waals surface area contributed by atoms with Crippen LogP contribution >= 0.6 is 0 Å². The molecule has 2 heteroatoms. The average molecular weight is 218 g/mol. The summed E-state index contributed by atoms with van der Waals surface area (Å²) in [6, 6.07) is 2.31. The minimum Gasteiger partial charge on any atom is -0.398 e. The Bertz CT molecular complexity index is 423. The molecule has 0 saturated heterocycles. The summed E-state index contributed by atoms with van der Waals surface area (Å²) in [5.74, 6) is 1.08. The Labute approximate surface area is 98.0 Å². The lowest BCUT2D eigenvalue weighted by atomic mass is 9.73. The van der Waals surface area contributed by atoms with E-state index >= 15 is 0 Å². The smallest absolute Gasteiger partial charge is 0.0382 e. The molecule has 88 valence electrons. The quantitative estimate of drug-likeness (QED) is 0.658. The summed E-state index contributed by atoms with van der Waals surface area (Å²) in [6.07, 6.45) is 1.14. The molecule has 0 aliphatic heterocycles. The summed E-state index contributed by atoms with van der Waals surface area (Å²) in [5, 5.41) is 0. The van der Waals surface area contributed by atoms with Crippen molar-refractivity contribution in [3.63, 3.8) is 0 Å². The van der Waals surface area contributed by atoms with Gasteiger partial charge in [0.2, 0.25) is 0 Å². The van der Waals surface area contributed by atoms with Crippen molar-refractivity contribution in [2.24, 2.45) is 11.7 Å². The summed E-state index contributed by atoms with van der Waals surface area (Å²) in [4.78, 5) is 0. The van der Waals surface area contributed by atoms with E-state index in [1.165, 1.54) is 22.3 Å². The number of fused-ring (bicyclic) bond motifs is 1. The number of benzene rings is 1. The molecule has 4 N–H and O–H groups in total. The molecule has 0 fully saturated rings. The van der Waals surface area contributed by atoms with E-state index in [0.717, 1.165) is 12.1 Å². The van der Waals surface area contributed by atoms with E-state index in [1.54, 1.807) is 0 Å². The molecule has 2 nitrogen and oxygen atoms in total. The van der Waals surface area contributed by atoms with Crippen LogP contribution < -0.4 is 11.5 Å². The predicted molar refractivity (Wildman–Crippen MR) is 69.5 cm³/mol. The Morgan fingerprint density at radius 3 is 2.38 bits per heavy atom. The van der Waals surface area contributed by atoms with Crippen LogP contribution in [0.2, 0.25) is 0 Å². The minimum atomic E-state index is 0.147. The van der Waals surface area contributed by atoms with Gasteiger partial charge in [-0.2, -0.15) is 0 Å². The number of rotatable bonds is 0. The van der Waals surface area contributed by atoms with Crippen molar-refractivity contribution >= 4 is 5.69 Å². The van der Waals surface area contributed by atoms with Gasteiger partial charge >= 0.3 is 0 Å². The number of hydrogen-bond donors (Lipinski definition) is 2. The van der Waals surface area contributed by atoms with Crippen molar-refractivity contribution in [3.05, 3.63) is 28.3 Å². The summed E-state index contributed by atoms with van der Waals surface area (Å²) < 4.78 is 0. The lowest BCUT2D eigenvalue weighted by molar-refractivity contribution is 0.376. The largest absolute Gasteiger partial charge is 0.398 e. The third-order valence-corrected chi connectivity index (χ3v) is 4.03. The molecule has 0 bridgehead atoms. The van der Waals surface area contributed by atoms with Crippen molar-refractivity contribution in [1.29, 1.82) is 0 Å². The van der Waals surface area contributed by atoms with Gasteiger partial charge in [0.15, 0.2) is 0 Å². The van der Waals surface area contributed by atoms with Crippen molar-refractivity contribution in [2.75, 3.05) is 5.73 Å². The van der Waals surface area contributed by atoms with Gasteiger partial charge in [-0.15, -0.1) is 0 Å². The van der Waals surface area contributed by atoms with Gasteiger partial charge in [-0.3, -0.25) is 0 Å². The molecule has 3 atom stereocenters. The van der Waals surface area contributed by atoms with E-state index in [-0.39, 0.29) is 6.04 Å². The monoisotopic (exact) mass is 218 g/mol. The molecule has 16 heavy (non-hydrogen) atoms. The summed E-state index contributed by atoms with van der Waals surface area (Å²) in [5.41, 5.74) is 18.6. The molecule has 2 rings (SSSR count). The second-order valence-electron chi connectivity index (χ2n) is 5.39. The standard InChI is InChI=1S/C14H22N2/c1-7-5-9(3)14(16)12-8(2)6-10(4)13(15)11(7)12/h5,8,10,13H,6,15-16H2,1-4H3. The highest BCUT2D eigenvalue weighted by atomic mass is 14.7. The van der Waals surface area contributed by atoms with Crippen molar-refractivity contribution < 1.29 is 0 Å². The van der Waals surface area contributed by atoms with Gasteiger partial charge in [-0.1, -0.05) is 19.9 Å². The van der Waals surface area contributed by atoms with Crippen molar-refractivity contribution in [2.45, 2.75) is 46.1 Å². The predicted octanol–water partition coefficient (Wildman–Crippen LogP) is 3.03. The van der Waals surface area contributed by atoms with E-state index in [9.17, 15) is 0 Å². The highest BCUT2D eigenvalue weighted by Crippen LogP contribution is 2.44. The Kier molecular flexibility index (Phi) is 2.70. The molecule has 0 amide bonds. The van der Waals surface area contributed by atoms with Crippen LogP contribution in [0.25, 0.3) is 0 Å². The lowest BCUT2D eigenvalue weighted by Gasteiger charge is -2.35. The van der Waals surface area contributed by atoms with Crippen LogP contribution in [-0.4, -0.2) is 0 Å². The maximum Gasteiger partial charge on any atom is 0.0382 e. The van der Waals surface area contributed by atoms with Gasteiger partial charge in [0, 0.05) is 11.7 Å². The van der Waals surface area contributed by atoms with E-state index in [1.807, 2.05) is 0 Å². The zero-order valence-electron chi connectivity index (χ0n) is 10.7. The molecule has 1 aromatic carbocycles. The van der Waals surface area contributed by atoms with E-state index in [0.29, 0.717) is 11.8 Å². The first kappa shape index (κ1) is 11.5. The normalized spacial score (nSPS) is 28.9. The number of anilines is 1. The van der Waals surface area contributed by atoms with E-state index in [4.69, 9.17) is 11.5 Å². The van der Waals surface area contributed by atoms with Gasteiger partial charge in [-0.05, 0) is 54.4 Å². The Morgan fingerprint density at radius 1 is 1.12 bits per heavy atom. The lowest BCUT2D eigenvalue weighted by Crippen LogP contribution is -2.29. The van der Waals surface area contributed by atoms with Gasteiger partial charge in [0.1, 0.15) is 0 Å². The average Bonchev–Trinajstić information content (AvgIpc) is 2.20. The second-order valence-corrected chi connectivity index (χ2v) is 5.39. The molecule has 0 saturated carbocycles. The summed E-state index contributed by atoms with van der Waals surface area (Å²) >= 11 is 0. The third kappa shape index (κ3) is 1.52. The molecular weight excluding hydrogens is 196 g/mol. The van der Waals surface area contributed by atoms with Crippen LogP contribution in [0.1, 0.15) is 54.5 Å². The highest BCUT2D eigenvalue weighted by molar-refractivity contribution is 5.62. The third-order valence-electron chi connectivity index (χ3n) is 4.03. The SMILES string of the molecule is Cc1cc(C)c2c(c1N)C(C)CC(C)C2N. The topological polar surface area (TPSA) is 52.0 Å². The maximum absolute atomic E-state index is 6.32. The molecule has 1 aromatic rings. The molecule has 0 radical (unpaired) electrons. The minimum absolute atomic E-state index is 0.147. The van der Waals surface area contributed by atoms with Crippen LogP contribution in [0.5, 0.6) is 0 Å². The van der Waals surface area contributed by atoms with E-state index in [2.05, 4.69) is 33.8 Å². The zero-order valence-corrected chi connectivity index (χ0v) is 10.7. The fourth-order valence-corrected chi connectivity index (χ4v) is 3.13. The van der Waals surface area contributed by atoms with E-state index < -0.39 is 0 Å². The van der Waals surface area contributed by atoms with Gasteiger partial charge in [0.05, 0.1) is 0 Å². The summed E-state index contributed by atoms with van der Waals surface area (Å²) in [7, 11) is 0. The van der Waals surface area contributed by atoms with Crippen LogP contribution in [0.4, 0.5) is 5.69 Å². The van der Waals surface area contributed by atoms with Gasteiger partial charge in [-0.25, -0.2) is 0 Å². The first-order chi connectivity index (χ1) is 7.43. The number of nitrogens with two attached hydrogens (primary N) is 2. The van der Waals surface area contributed by atoms with Crippen molar-refractivity contribution in [3.8, 4) is 0 Å². The Balaban J connectivity index is 2.70. The van der Waals surface area contributed by atoms with Crippen molar-refractivity contribution in [1.82, 2.24) is 0 Å². The number of nitrogen functional groups attached to an aromatic ring is 1. The molecule has 0 heterocycles. The molecule has 0 aromatic heterocycles. The van der Waals surface area contributed by atoms with Crippen LogP contribution in [0.15, 0.2) is 6.07 Å². The highest BCUT2D eigenvalue weighted by Gasteiger charge is 2.31. The molecule has 0 spiro atoms. The first-order valence-corrected chi connectivity index (χ1v) is 6.08. The fourth-order valence-electron chi connectivity index (χ4n) is 3.13. The van der Waals surface area contributed by atoms with Crippen LogP contribution in [-0.2, 0) is 0 Å². The maximum atomic E-state index is 6.32. The second kappa shape index (κ2) is 3.77. The zero-order chi connectivity index (χ0) is 12.0. The first-order valence-electron chi connectivity index (χ1n) is 6.08. The Hall–Kier alpha value is -1.02. The molecule has 3 unspecified atom stereocenters. The molecule has 1 aliphatic rings. The van der Waals surface area contributed by atoms with Gasteiger partial charge < -0.3 is 11.5 Å². The summed E-state index contributed by atoms with van der Waals surface area (Å²) in [6.45, 7) is 8.73. The van der Waals surface area contributed by atoms with Gasteiger partial charge in [0.25, 0.3) is 0 Å².